The zero-order valence-corrected chi connectivity index (χ0v) is 19.1. The Hall–Kier alpha value is -1.84. The second-order valence-corrected chi connectivity index (χ2v) is 10.7. The predicted molar refractivity (Wildman–Crippen MR) is 118 cm³/mol. The van der Waals surface area contributed by atoms with Crippen LogP contribution < -0.4 is 10.0 Å². The first-order chi connectivity index (χ1) is 14.3. The Morgan fingerprint density at radius 1 is 1.23 bits per heavy atom. The number of benzene rings is 1. The number of nitrogens with zero attached hydrogens (tertiary/aromatic N) is 3. The molecule has 0 atom stereocenters. The minimum Gasteiger partial charge on any atom is -0.320 e. The van der Waals surface area contributed by atoms with E-state index in [0.29, 0.717) is 24.8 Å². The van der Waals surface area contributed by atoms with Crippen molar-refractivity contribution in [2.75, 3.05) is 17.2 Å². The number of carbonyl (C=O) groups excluding carboxylic acids is 1. The number of nitrogens with two attached hydrogens (primary N) is 1. The van der Waals surface area contributed by atoms with Gasteiger partial charge in [-0.15, -0.1) is 0 Å². The van der Waals surface area contributed by atoms with Crippen molar-refractivity contribution in [3.8, 4) is 0 Å². The largest absolute Gasteiger partial charge is 0.320 e. The molecule has 30 heavy (non-hydrogen) atoms. The van der Waals surface area contributed by atoms with Gasteiger partial charge in [-0.1, -0.05) is 31.0 Å². The van der Waals surface area contributed by atoms with Gasteiger partial charge in [-0.3, -0.25) is 4.79 Å². The summed E-state index contributed by atoms with van der Waals surface area (Å²) in [7, 11) is -3.74. The molecule has 2 N–H and O–H groups in total. The highest BCUT2D eigenvalue weighted by molar-refractivity contribution is 7.99. The third kappa shape index (κ3) is 4.15. The molecule has 1 saturated carbocycles. The van der Waals surface area contributed by atoms with Gasteiger partial charge in [0.05, 0.1) is 16.3 Å². The molecule has 0 spiro atoms. The summed E-state index contributed by atoms with van der Waals surface area (Å²) in [4.78, 5) is 19.5. The molecule has 2 aliphatic rings. The Kier molecular flexibility index (Phi) is 5.96. The number of carbonyl (C=O) groups is 1. The monoisotopic (exact) mass is 448 g/mol. The highest BCUT2D eigenvalue weighted by Crippen LogP contribution is 2.35. The number of amides is 1. The van der Waals surface area contributed by atoms with Gasteiger partial charge in [-0.25, -0.2) is 18.5 Å². The lowest BCUT2D eigenvalue weighted by atomic mass is 9.95. The molecule has 0 radical (unpaired) electrons. The summed E-state index contributed by atoms with van der Waals surface area (Å²) in [5, 5.41) is 6.15. The molecule has 162 valence electrons. The van der Waals surface area contributed by atoms with Crippen molar-refractivity contribution in [3.63, 3.8) is 0 Å². The Morgan fingerprint density at radius 2 is 1.97 bits per heavy atom. The number of sulfonamides is 1. The minimum absolute atomic E-state index is 0.00982. The quantitative estimate of drug-likeness (QED) is 0.708. The topological polar surface area (TPSA) is 98.3 Å². The van der Waals surface area contributed by atoms with Gasteiger partial charge in [0.15, 0.2) is 5.16 Å². The van der Waals surface area contributed by atoms with E-state index in [1.165, 1.54) is 55.6 Å². The van der Waals surface area contributed by atoms with Crippen LogP contribution in [-0.2, 0) is 21.2 Å². The Bertz CT molecular complexity index is 1070. The maximum Gasteiger partial charge on any atom is 0.238 e. The molecule has 1 aliphatic heterocycles. The van der Waals surface area contributed by atoms with Crippen LogP contribution in [0.1, 0.15) is 55.1 Å². The van der Waals surface area contributed by atoms with Crippen LogP contribution in [-0.4, -0.2) is 36.2 Å². The number of thioether (sulfide) groups is 1. The first kappa shape index (κ1) is 21.4. The number of imidazole rings is 1. The van der Waals surface area contributed by atoms with Gasteiger partial charge in [0.1, 0.15) is 0 Å². The molecule has 4 rings (SSSR count). The van der Waals surface area contributed by atoms with Crippen LogP contribution in [0.25, 0.3) is 0 Å². The fourth-order valence-electron chi connectivity index (χ4n) is 4.49. The number of hydrogen-bond donors (Lipinski definition) is 1. The number of primary sulfonamides is 1. The molecule has 0 bridgehead atoms. The third-order valence-corrected chi connectivity index (χ3v) is 8.04. The predicted octanol–water partition coefficient (Wildman–Crippen LogP) is 3.33. The zero-order valence-electron chi connectivity index (χ0n) is 17.4. The van der Waals surface area contributed by atoms with E-state index in [1.54, 1.807) is 17.0 Å². The van der Waals surface area contributed by atoms with E-state index < -0.39 is 10.0 Å². The molecule has 2 aromatic rings. The van der Waals surface area contributed by atoms with Gasteiger partial charge in [0.2, 0.25) is 15.9 Å². The van der Waals surface area contributed by atoms with E-state index in [9.17, 15) is 13.2 Å². The van der Waals surface area contributed by atoms with Crippen molar-refractivity contribution in [2.45, 2.75) is 68.5 Å². The van der Waals surface area contributed by atoms with Gasteiger partial charge in [0.25, 0.3) is 0 Å². The van der Waals surface area contributed by atoms with E-state index in [4.69, 9.17) is 10.1 Å². The van der Waals surface area contributed by atoms with Gasteiger partial charge in [-0.05, 0) is 56.9 Å². The lowest BCUT2D eigenvalue weighted by Crippen LogP contribution is -2.30. The first-order valence-corrected chi connectivity index (χ1v) is 12.9. The van der Waals surface area contributed by atoms with Gasteiger partial charge in [0, 0.05) is 24.0 Å². The van der Waals surface area contributed by atoms with Crippen molar-refractivity contribution < 1.29 is 13.2 Å². The molecule has 1 aliphatic carbocycles. The molecule has 1 fully saturated rings. The standard InChI is InChI=1S/C21H28N4O3S2/c1-14-15(2)25(17-6-4-3-5-7-17)21(23-14)29-13-20(26)24-11-10-16-12-18(30(22,27)28)8-9-19(16)24/h8-9,12,17H,3-7,10-11,13H2,1-2H3,(H2,22,27,28). The lowest BCUT2D eigenvalue weighted by Gasteiger charge is -2.26. The average molecular weight is 449 g/mol. The molecule has 9 heteroatoms. The normalized spacial score (nSPS) is 17.4. The van der Waals surface area contributed by atoms with Crippen LogP contribution in [0.4, 0.5) is 5.69 Å². The maximum absolute atomic E-state index is 13.0. The first-order valence-electron chi connectivity index (χ1n) is 10.4. The van der Waals surface area contributed by atoms with Crippen molar-refractivity contribution in [2.24, 2.45) is 5.14 Å². The molecule has 2 heterocycles. The summed E-state index contributed by atoms with van der Waals surface area (Å²) in [5.41, 5.74) is 3.84. The SMILES string of the molecule is Cc1nc(SCC(=O)N2CCc3cc(S(N)(=O)=O)ccc32)n(C2CCCCC2)c1C. The molecular weight excluding hydrogens is 420 g/mol. The number of hydrogen-bond acceptors (Lipinski definition) is 5. The number of aryl methyl sites for hydroxylation is 1. The van der Waals surface area contributed by atoms with E-state index in [0.717, 1.165) is 22.1 Å². The fourth-order valence-corrected chi connectivity index (χ4v) is 6.08. The van der Waals surface area contributed by atoms with Gasteiger partial charge < -0.3 is 9.47 Å². The molecule has 1 aromatic carbocycles. The van der Waals surface area contributed by atoms with Crippen molar-refractivity contribution in [1.29, 1.82) is 0 Å². The second-order valence-electron chi connectivity index (χ2n) is 8.15. The summed E-state index contributed by atoms with van der Waals surface area (Å²) in [6.07, 6.45) is 6.76. The van der Waals surface area contributed by atoms with Crippen LogP contribution in [0, 0.1) is 13.8 Å². The number of anilines is 1. The van der Waals surface area contributed by atoms with Crippen LogP contribution in [0.15, 0.2) is 28.3 Å². The van der Waals surface area contributed by atoms with Crippen LogP contribution in [0.3, 0.4) is 0 Å². The molecule has 0 unspecified atom stereocenters. The second kappa shape index (κ2) is 8.36. The molecule has 7 nitrogen and oxygen atoms in total. The van der Waals surface area contributed by atoms with Crippen molar-refractivity contribution in [3.05, 3.63) is 35.2 Å². The average Bonchev–Trinajstić information content (AvgIpc) is 3.26. The Balaban J connectivity index is 1.49. The van der Waals surface area contributed by atoms with Gasteiger partial charge in [-0.2, -0.15) is 0 Å². The number of fused-ring (bicyclic) bond motifs is 1. The van der Waals surface area contributed by atoms with E-state index in [-0.39, 0.29) is 10.8 Å². The third-order valence-electron chi connectivity index (χ3n) is 6.20. The summed E-state index contributed by atoms with van der Waals surface area (Å²) in [5.74, 6) is 0.314. The Morgan fingerprint density at radius 3 is 2.67 bits per heavy atom. The van der Waals surface area contributed by atoms with Crippen molar-refractivity contribution >= 4 is 33.4 Å². The van der Waals surface area contributed by atoms with E-state index in [1.807, 2.05) is 6.92 Å². The summed E-state index contributed by atoms with van der Waals surface area (Å²) < 4.78 is 25.5. The highest BCUT2D eigenvalue weighted by Gasteiger charge is 2.27. The highest BCUT2D eigenvalue weighted by atomic mass is 32.2. The zero-order chi connectivity index (χ0) is 21.5. The van der Waals surface area contributed by atoms with E-state index in [2.05, 4.69) is 11.5 Å². The van der Waals surface area contributed by atoms with Crippen LogP contribution >= 0.6 is 11.8 Å². The fraction of sp³-hybridized carbons (Fsp3) is 0.524. The van der Waals surface area contributed by atoms with Crippen molar-refractivity contribution in [1.82, 2.24) is 9.55 Å². The van der Waals surface area contributed by atoms with Crippen LogP contribution in [0.5, 0.6) is 0 Å². The molecule has 0 saturated heterocycles. The molecule has 1 aromatic heterocycles. The van der Waals surface area contributed by atoms with E-state index >= 15 is 0 Å². The number of aromatic nitrogens is 2. The molecular formula is C21H28N4O3S2. The smallest absolute Gasteiger partial charge is 0.238 e. The summed E-state index contributed by atoms with van der Waals surface area (Å²) in [6.45, 7) is 4.70. The molecule has 1 amide bonds. The summed E-state index contributed by atoms with van der Waals surface area (Å²) >= 11 is 1.50. The lowest BCUT2D eigenvalue weighted by molar-refractivity contribution is -0.116. The number of rotatable bonds is 5. The summed E-state index contributed by atoms with van der Waals surface area (Å²) in [6, 6.07) is 5.20. The van der Waals surface area contributed by atoms with Gasteiger partial charge >= 0.3 is 0 Å². The Labute approximate surface area is 182 Å². The maximum atomic E-state index is 13.0. The van der Waals surface area contributed by atoms with Crippen LogP contribution in [0.2, 0.25) is 0 Å². The minimum atomic E-state index is -3.74.